The lowest BCUT2D eigenvalue weighted by atomic mass is 9.85. The van der Waals surface area contributed by atoms with E-state index in [0.717, 1.165) is 22.4 Å². The summed E-state index contributed by atoms with van der Waals surface area (Å²) >= 11 is 0. The molecule has 0 radical (unpaired) electrons. The predicted octanol–water partition coefficient (Wildman–Crippen LogP) is 10.7. The number of nitrogen functional groups attached to an aromatic ring is 1. The molecule has 0 aromatic heterocycles. The van der Waals surface area contributed by atoms with Crippen molar-refractivity contribution in [1.82, 2.24) is 0 Å². The molecule has 0 fully saturated rings. The molecule has 0 amide bonds. The minimum absolute atomic E-state index is 0.109. The van der Waals surface area contributed by atoms with E-state index in [1.54, 1.807) is 0 Å². The fourth-order valence-electron chi connectivity index (χ4n) is 5.79. The molecule has 0 bridgehead atoms. The maximum Gasteiger partial charge on any atom is 0.0476 e. The average Bonchev–Trinajstić information content (AvgIpc) is 2.93. The maximum absolute atomic E-state index is 6.62. The highest BCUT2D eigenvalue weighted by molar-refractivity contribution is 6.25. The topological polar surface area (TPSA) is 38.0 Å². The fraction of sp³-hybridized carbons (Fsp3) is 0.211. The van der Waals surface area contributed by atoms with E-state index in [1.165, 1.54) is 49.2 Å². The molecule has 0 saturated heterocycles. The molecular weight excluding hydrogens is 484 g/mol. The van der Waals surface area contributed by atoms with Crippen LogP contribution in [-0.2, 0) is 10.8 Å². The molecule has 0 aliphatic carbocycles. The Kier molecular flexibility index (Phi) is 6.11. The van der Waals surface area contributed by atoms with Gasteiger partial charge in [0.15, 0.2) is 0 Å². The average molecular weight is 523 g/mol. The zero-order valence-electron chi connectivity index (χ0n) is 24.4. The molecular formula is C38H38N2. The molecule has 6 aromatic carbocycles. The van der Waals surface area contributed by atoms with Crippen LogP contribution in [0.25, 0.3) is 43.4 Å². The number of anilines is 3. The summed E-state index contributed by atoms with van der Waals surface area (Å²) in [6.07, 6.45) is 0. The van der Waals surface area contributed by atoms with E-state index >= 15 is 0 Å². The summed E-state index contributed by atoms with van der Waals surface area (Å²) in [4.78, 5) is 0. The predicted molar refractivity (Wildman–Crippen MR) is 176 cm³/mol. The van der Waals surface area contributed by atoms with Gasteiger partial charge in [0.1, 0.15) is 0 Å². The SMILES string of the molecule is CC(C)(C)c1ccc(Nc2cc3c4ccccc4c(N)cc3c3cccc(-c4ccc(C(C)(C)C)cc4)c23)cc1. The zero-order chi connectivity index (χ0) is 28.2. The van der Waals surface area contributed by atoms with Crippen LogP contribution in [0.1, 0.15) is 52.7 Å². The Balaban J connectivity index is 1.63. The molecule has 6 rings (SSSR count). The Bertz CT molecular complexity index is 1860. The van der Waals surface area contributed by atoms with Gasteiger partial charge in [-0.05, 0) is 78.9 Å². The molecule has 0 spiro atoms. The molecule has 3 N–H and O–H groups in total. The third-order valence-electron chi connectivity index (χ3n) is 8.12. The summed E-state index contributed by atoms with van der Waals surface area (Å²) in [5.41, 5.74) is 14.9. The van der Waals surface area contributed by atoms with E-state index in [1.807, 2.05) is 0 Å². The van der Waals surface area contributed by atoms with Crippen LogP contribution in [0, 0.1) is 0 Å². The number of rotatable bonds is 3. The summed E-state index contributed by atoms with van der Waals surface area (Å²) in [7, 11) is 0. The molecule has 0 heterocycles. The van der Waals surface area contributed by atoms with E-state index in [-0.39, 0.29) is 10.8 Å². The smallest absolute Gasteiger partial charge is 0.0476 e. The van der Waals surface area contributed by atoms with E-state index in [0.29, 0.717) is 0 Å². The maximum atomic E-state index is 6.62. The van der Waals surface area contributed by atoms with Gasteiger partial charge in [-0.2, -0.15) is 0 Å². The first-order valence-electron chi connectivity index (χ1n) is 14.2. The van der Waals surface area contributed by atoms with Gasteiger partial charge in [0.25, 0.3) is 0 Å². The van der Waals surface area contributed by atoms with Crippen molar-refractivity contribution in [2.75, 3.05) is 11.1 Å². The van der Waals surface area contributed by atoms with E-state index in [4.69, 9.17) is 5.73 Å². The Hall–Kier alpha value is -4.30. The largest absolute Gasteiger partial charge is 0.398 e. The van der Waals surface area contributed by atoms with Crippen LogP contribution in [0.5, 0.6) is 0 Å². The van der Waals surface area contributed by atoms with Gasteiger partial charge in [-0.25, -0.2) is 0 Å². The van der Waals surface area contributed by atoms with Gasteiger partial charge in [0.05, 0.1) is 0 Å². The minimum atomic E-state index is 0.109. The lowest BCUT2D eigenvalue weighted by Crippen LogP contribution is -2.10. The Labute approximate surface area is 237 Å². The summed E-state index contributed by atoms with van der Waals surface area (Å²) < 4.78 is 0. The first kappa shape index (κ1) is 26.0. The van der Waals surface area contributed by atoms with E-state index in [2.05, 4.69) is 150 Å². The van der Waals surface area contributed by atoms with Crippen molar-refractivity contribution in [3.8, 4) is 11.1 Å². The Morgan fingerprint density at radius 2 is 1.07 bits per heavy atom. The second-order valence-corrected chi connectivity index (χ2v) is 13.0. The van der Waals surface area contributed by atoms with Crippen LogP contribution in [-0.4, -0.2) is 0 Å². The number of benzene rings is 6. The number of fused-ring (bicyclic) bond motifs is 5. The number of nitrogens with two attached hydrogens (primary N) is 1. The van der Waals surface area contributed by atoms with Gasteiger partial charge in [-0.3, -0.25) is 0 Å². The third kappa shape index (κ3) is 4.58. The van der Waals surface area contributed by atoms with Crippen LogP contribution in [0.2, 0.25) is 0 Å². The molecule has 0 aliphatic heterocycles. The second-order valence-electron chi connectivity index (χ2n) is 13.0. The van der Waals surface area contributed by atoms with Crippen molar-refractivity contribution in [2.24, 2.45) is 0 Å². The third-order valence-corrected chi connectivity index (χ3v) is 8.12. The van der Waals surface area contributed by atoms with Crippen molar-refractivity contribution in [2.45, 2.75) is 52.4 Å². The molecule has 200 valence electrons. The fourth-order valence-corrected chi connectivity index (χ4v) is 5.79. The highest BCUT2D eigenvalue weighted by atomic mass is 14.9. The molecule has 6 aromatic rings. The van der Waals surface area contributed by atoms with Gasteiger partial charge in [-0.1, -0.05) is 120 Å². The lowest BCUT2D eigenvalue weighted by molar-refractivity contribution is 0.590. The van der Waals surface area contributed by atoms with Gasteiger partial charge >= 0.3 is 0 Å². The molecule has 0 aliphatic rings. The first-order chi connectivity index (χ1) is 19.0. The number of hydrogen-bond donors (Lipinski definition) is 2. The van der Waals surface area contributed by atoms with Gasteiger partial charge in [-0.15, -0.1) is 0 Å². The van der Waals surface area contributed by atoms with Crippen molar-refractivity contribution in [3.63, 3.8) is 0 Å². The van der Waals surface area contributed by atoms with Crippen LogP contribution in [0.15, 0.2) is 103 Å². The van der Waals surface area contributed by atoms with Crippen LogP contribution in [0.3, 0.4) is 0 Å². The number of nitrogens with one attached hydrogen (secondary N) is 1. The highest BCUT2D eigenvalue weighted by Crippen LogP contribution is 2.43. The van der Waals surface area contributed by atoms with Crippen molar-refractivity contribution >= 4 is 49.4 Å². The molecule has 0 saturated carbocycles. The van der Waals surface area contributed by atoms with Crippen LogP contribution < -0.4 is 11.1 Å². The summed E-state index contributed by atoms with van der Waals surface area (Å²) in [5, 5.41) is 10.8. The second kappa shape index (κ2) is 9.41. The summed E-state index contributed by atoms with van der Waals surface area (Å²) in [6, 6.07) is 37.4. The monoisotopic (exact) mass is 522 g/mol. The van der Waals surface area contributed by atoms with E-state index < -0.39 is 0 Å². The first-order valence-corrected chi connectivity index (χ1v) is 14.2. The van der Waals surface area contributed by atoms with Crippen molar-refractivity contribution < 1.29 is 0 Å². The number of hydrogen-bond acceptors (Lipinski definition) is 2. The lowest BCUT2D eigenvalue weighted by Gasteiger charge is -2.21. The van der Waals surface area contributed by atoms with Gasteiger partial charge < -0.3 is 11.1 Å². The quantitative estimate of drug-likeness (QED) is 0.179. The minimum Gasteiger partial charge on any atom is -0.398 e. The normalized spacial score (nSPS) is 12.3. The van der Waals surface area contributed by atoms with E-state index in [9.17, 15) is 0 Å². The Morgan fingerprint density at radius 3 is 1.70 bits per heavy atom. The Morgan fingerprint density at radius 1 is 0.525 bits per heavy atom. The molecule has 2 nitrogen and oxygen atoms in total. The van der Waals surface area contributed by atoms with Crippen LogP contribution in [0.4, 0.5) is 17.1 Å². The summed E-state index contributed by atoms with van der Waals surface area (Å²) in [6.45, 7) is 13.5. The highest BCUT2D eigenvalue weighted by Gasteiger charge is 2.18. The van der Waals surface area contributed by atoms with Gasteiger partial charge in [0.2, 0.25) is 0 Å². The zero-order valence-corrected chi connectivity index (χ0v) is 24.4. The molecule has 40 heavy (non-hydrogen) atoms. The molecule has 0 unspecified atom stereocenters. The van der Waals surface area contributed by atoms with Crippen molar-refractivity contribution in [1.29, 1.82) is 0 Å². The standard InChI is InChI=1S/C38H38N2/c1-37(2,3)25-16-14-24(15-17-25)28-12-9-13-31-32-22-34(39)30-11-8-7-10-29(30)33(32)23-35(36(28)31)40-27-20-18-26(19-21-27)38(4,5)6/h7-23,40H,39H2,1-6H3. The van der Waals surface area contributed by atoms with Crippen LogP contribution >= 0.6 is 0 Å². The summed E-state index contributed by atoms with van der Waals surface area (Å²) in [5.74, 6) is 0. The molecule has 0 atom stereocenters. The molecule has 2 heteroatoms. The van der Waals surface area contributed by atoms with Gasteiger partial charge in [0, 0.05) is 27.8 Å². The van der Waals surface area contributed by atoms with Crippen molar-refractivity contribution in [3.05, 3.63) is 114 Å².